The predicted molar refractivity (Wildman–Crippen MR) is 76.9 cm³/mol. The van der Waals surface area contributed by atoms with Crippen LogP contribution < -0.4 is 10.9 Å². The summed E-state index contributed by atoms with van der Waals surface area (Å²) in [6.07, 6.45) is 0.952. The fraction of sp³-hybridized carbons (Fsp3) is 0.200. The van der Waals surface area contributed by atoms with Crippen molar-refractivity contribution in [3.05, 3.63) is 69.9 Å². The Morgan fingerprint density at radius 2 is 1.32 bits per heavy atom. The molecule has 1 heterocycles. The lowest BCUT2D eigenvalue weighted by Gasteiger charge is -2.10. The molecule has 1 aliphatic heterocycles. The van der Waals surface area contributed by atoms with E-state index < -0.39 is 0 Å². The van der Waals surface area contributed by atoms with Gasteiger partial charge in [-0.25, -0.2) is 15.2 Å². The highest BCUT2D eigenvalue weighted by Crippen LogP contribution is 2.31. The van der Waals surface area contributed by atoms with Crippen LogP contribution in [0.5, 0.6) is 0 Å². The Labute approximate surface area is 120 Å². The van der Waals surface area contributed by atoms with Crippen molar-refractivity contribution in [3.63, 3.8) is 0 Å². The van der Waals surface area contributed by atoms with Crippen molar-refractivity contribution >= 4 is 15.9 Å². The summed E-state index contributed by atoms with van der Waals surface area (Å²) in [5.74, 6) is -0.195. The summed E-state index contributed by atoms with van der Waals surface area (Å²) in [6, 6.07) is 15.5. The molecule has 1 saturated heterocycles. The second kappa shape index (κ2) is 5.41. The van der Waals surface area contributed by atoms with Gasteiger partial charge in [-0.3, -0.25) is 0 Å². The normalized spacial score (nSPS) is 22.6. The summed E-state index contributed by atoms with van der Waals surface area (Å²) in [5, 5.41) is 0. The van der Waals surface area contributed by atoms with Crippen LogP contribution in [0.1, 0.15) is 29.6 Å². The molecule has 1 fully saturated rings. The molecular weight excluding hydrogens is 307 g/mol. The zero-order chi connectivity index (χ0) is 13.2. The molecule has 0 amide bonds. The minimum atomic E-state index is -0.195. The van der Waals surface area contributed by atoms with Crippen LogP contribution in [0.3, 0.4) is 0 Å². The van der Waals surface area contributed by atoms with Gasteiger partial charge >= 0.3 is 0 Å². The molecule has 2 atom stereocenters. The lowest BCUT2D eigenvalue weighted by Crippen LogP contribution is -2.26. The Balaban J connectivity index is 1.73. The molecule has 2 unspecified atom stereocenters. The van der Waals surface area contributed by atoms with Gasteiger partial charge in [0.2, 0.25) is 0 Å². The predicted octanol–water partition coefficient (Wildman–Crippen LogP) is 3.87. The molecule has 98 valence electrons. The Kier molecular flexibility index (Phi) is 3.64. The number of nitrogens with one attached hydrogen (secondary N) is 2. The first-order valence-electron chi connectivity index (χ1n) is 6.24. The van der Waals surface area contributed by atoms with E-state index in [-0.39, 0.29) is 17.9 Å². The molecule has 0 aliphatic carbocycles. The molecule has 0 spiro atoms. The van der Waals surface area contributed by atoms with Gasteiger partial charge in [-0.05, 0) is 41.8 Å². The van der Waals surface area contributed by atoms with Gasteiger partial charge in [0, 0.05) is 16.6 Å². The van der Waals surface area contributed by atoms with E-state index in [0.717, 1.165) is 16.5 Å². The molecule has 19 heavy (non-hydrogen) atoms. The number of benzene rings is 2. The van der Waals surface area contributed by atoms with Gasteiger partial charge in [-0.1, -0.05) is 40.2 Å². The fourth-order valence-corrected chi connectivity index (χ4v) is 2.65. The first-order valence-corrected chi connectivity index (χ1v) is 7.03. The third-order valence-corrected chi connectivity index (χ3v) is 3.98. The highest BCUT2D eigenvalue weighted by atomic mass is 79.9. The first-order chi connectivity index (χ1) is 9.22. The zero-order valence-corrected chi connectivity index (χ0v) is 11.8. The van der Waals surface area contributed by atoms with Gasteiger partial charge in [0.1, 0.15) is 5.82 Å². The number of hydrogen-bond donors (Lipinski definition) is 2. The van der Waals surface area contributed by atoms with Crippen molar-refractivity contribution in [2.45, 2.75) is 18.5 Å². The van der Waals surface area contributed by atoms with Crippen LogP contribution >= 0.6 is 15.9 Å². The van der Waals surface area contributed by atoms with Crippen LogP contribution in [-0.4, -0.2) is 0 Å². The van der Waals surface area contributed by atoms with Crippen molar-refractivity contribution in [1.82, 2.24) is 10.9 Å². The van der Waals surface area contributed by atoms with Gasteiger partial charge in [0.15, 0.2) is 0 Å². The lowest BCUT2D eigenvalue weighted by atomic mass is 9.98. The largest absolute Gasteiger partial charge is 0.250 e. The minimum absolute atomic E-state index is 0.195. The van der Waals surface area contributed by atoms with Gasteiger partial charge < -0.3 is 0 Å². The Morgan fingerprint density at radius 3 is 1.84 bits per heavy atom. The molecule has 2 aromatic carbocycles. The van der Waals surface area contributed by atoms with Gasteiger partial charge in [0.25, 0.3) is 0 Å². The highest BCUT2D eigenvalue weighted by Gasteiger charge is 2.25. The van der Waals surface area contributed by atoms with Crippen molar-refractivity contribution in [1.29, 1.82) is 0 Å². The summed E-state index contributed by atoms with van der Waals surface area (Å²) >= 11 is 3.44. The van der Waals surface area contributed by atoms with E-state index in [1.807, 2.05) is 24.3 Å². The molecule has 2 aromatic rings. The Bertz CT molecular complexity index is 502. The number of rotatable bonds is 2. The van der Waals surface area contributed by atoms with Gasteiger partial charge in [-0.15, -0.1) is 0 Å². The molecule has 2 N–H and O–H groups in total. The summed E-state index contributed by atoms with van der Waals surface area (Å²) in [7, 11) is 0. The van der Waals surface area contributed by atoms with Crippen LogP contribution in [0.4, 0.5) is 4.39 Å². The van der Waals surface area contributed by atoms with Crippen LogP contribution in [0.15, 0.2) is 53.0 Å². The standard InChI is InChI=1S/C15H14BrFN2/c16-12-5-1-10(2-6-12)14-9-15(19-18-14)11-3-7-13(17)8-4-11/h1-8,14-15,18-19H,9H2. The highest BCUT2D eigenvalue weighted by molar-refractivity contribution is 9.10. The summed E-state index contributed by atoms with van der Waals surface area (Å²) in [4.78, 5) is 0. The maximum absolute atomic E-state index is 12.9. The number of hydrogen-bond acceptors (Lipinski definition) is 2. The molecular formula is C15H14BrFN2. The maximum atomic E-state index is 12.9. The van der Waals surface area contributed by atoms with Crippen molar-refractivity contribution in [2.75, 3.05) is 0 Å². The van der Waals surface area contributed by atoms with E-state index >= 15 is 0 Å². The Morgan fingerprint density at radius 1 is 0.842 bits per heavy atom. The zero-order valence-electron chi connectivity index (χ0n) is 10.2. The van der Waals surface area contributed by atoms with E-state index in [1.165, 1.54) is 17.7 Å². The molecule has 0 radical (unpaired) electrons. The average Bonchev–Trinajstić information content (AvgIpc) is 2.90. The fourth-order valence-electron chi connectivity index (χ4n) is 2.38. The van der Waals surface area contributed by atoms with Crippen LogP contribution in [0, 0.1) is 5.82 Å². The van der Waals surface area contributed by atoms with E-state index in [1.54, 1.807) is 0 Å². The number of hydrazine groups is 1. The van der Waals surface area contributed by atoms with Crippen LogP contribution in [0.25, 0.3) is 0 Å². The molecule has 0 aromatic heterocycles. The third kappa shape index (κ3) is 2.86. The van der Waals surface area contributed by atoms with Crippen LogP contribution in [0.2, 0.25) is 0 Å². The van der Waals surface area contributed by atoms with Crippen LogP contribution in [-0.2, 0) is 0 Å². The maximum Gasteiger partial charge on any atom is 0.123 e. The third-order valence-electron chi connectivity index (χ3n) is 3.45. The van der Waals surface area contributed by atoms with E-state index in [9.17, 15) is 4.39 Å². The van der Waals surface area contributed by atoms with E-state index in [2.05, 4.69) is 38.9 Å². The van der Waals surface area contributed by atoms with Crippen molar-refractivity contribution < 1.29 is 4.39 Å². The molecule has 4 heteroatoms. The SMILES string of the molecule is Fc1ccc(C2CC(c3ccc(Br)cc3)NN2)cc1. The second-order valence-electron chi connectivity index (χ2n) is 4.73. The Hall–Kier alpha value is -1.23. The molecule has 1 aliphatic rings. The van der Waals surface area contributed by atoms with Gasteiger partial charge in [0.05, 0.1) is 0 Å². The molecule has 3 rings (SSSR count). The molecule has 0 bridgehead atoms. The summed E-state index contributed by atoms with van der Waals surface area (Å²) in [6.45, 7) is 0. The summed E-state index contributed by atoms with van der Waals surface area (Å²) in [5.41, 5.74) is 8.92. The topological polar surface area (TPSA) is 24.1 Å². The average molecular weight is 321 g/mol. The monoisotopic (exact) mass is 320 g/mol. The number of halogens is 2. The van der Waals surface area contributed by atoms with Crippen molar-refractivity contribution in [3.8, 4) is 0 Å². The van der Waals surface area contributed by atoms with Crippen molar-refractivity contribution in [2.24, 2.45) is 0 Å². The van der Waals surface area contributed by atoms with Gasteiger partial charge in [-0.2, -0.15) is 0 Å². The lowest BCUT2D eigenvalue weighted by molar-refractivity contribution is 0.554. The molecule has 0 saturated carbocycles. The summed E-state index contributed by atoms with van der Waals surface area (Å²) < 4.78 is 14.0. The first kappa shape index (κ1) is 12.8. The molecule has 2 nitrogen and oxygen atoms in total. The van der Waals surface area contributed by atoms with E-state index in [0.29, 0.717) is 0 Å². The quantitative estimate of drug-likeness (QED) is 0.877. The smallest absolute Gasteiger partial charge is 0.123 e. The minimum Gasteiger partial charge on any atom is -0.250 e. The second-order valence-corrected chi connectivity index (χ2v) is 5.65. The van der Waals surface area contributed by atoms with E-state index in [4.69, 9.17) is 0 Å².